The molecule has 132 valence electrons. The molecule has 0 unspecified atom stereocenters. The molecule has 3 rings (SSSR count). The van der Waals surface area contributed by atoms with Crippen molar-refractivity contribution in [3.05, 3.63) is 53.3 Å². The first kappa shape index (κ1) is 17.0. The van der Waals surface area contributed by atoms with Crippen LogP contribution in [-0.2, 0) is 24.9 Å². The lowest BCUT2D eigenvalue weighted by atomic mass is 10.1. The molecule has 1 aliphatic heterocycles. The largest absolute Gasteiger partial charge is 0.478 e. The number of carboxylic acid groups (broad SMARTS) is 1. The van der Waals surface area contributed by atoms with Crippen LogP contribution in [0.15, 0.2) is 36.5 Å². The molecule has 0 bridgehead atoms. The van der Waals surface area contributed by atoms with Gasteiger partial charge in [-0.2, -0.15) is 5.10 Å². The summed E-state index contributed by atoms with van der Waals surface area (Å²) in [5.41, 5.74) is 1.53. The molecule has 25 heavy (non-hydrogen) atoms. The number of nitrogens with zero attached hydrogens (tertiary/aromatic N) is 3. The Kier molecular flexibility index (Phi) is 4.99. The highest BCUT2D eigenvalue weighted by Crippen LogP contribution is 2.14. The molecule has 2 heterocycles. The molecule has 0 atom stereocenters. The molecule has 0 saturated carbocycles. The van der Waals surface area contributed by atoms with E-state index in [2.05, 4.69) is 10.4 Å². The third-order valence-electron chi connectivity index (χ3n) is 4.01. The minimum absolute atomic E-state index is 0.0235. The second kappa shape index (κ2) is 7.35. The van der Waals surface area contributed by atoms with Crippen molar-refractivity contribution in [3.8, 4) is 0 Å². The van der Waals surface area contributed by atoms with Gasteiger partial charge < -0.3 is 20.1 Å². The molecule has 2 aromatic rings. The Morgan fingerprint density at radius 3 is 2.72 bits per heavy atom. The molecule has 8 nitrogen and oxygen atoms in total. The molecule has 1 aliphatic rings. The number of likely N-dealkylation sites (tertiary alicyclic amines) is 1. The molecule has 2 amide bonds. The Morgan fingerprint density at radius 2 is 2.04 bits per heavy atom. The number of amides is 2. The lowest BCUT2D eigenvalue weighted by Gasteiger charge is -2.38. The van der Waals surface area contributed by atoms with E-state index in [0.717, 1.165) is 5.56 Å². The van der Waals surface area contributed by atoms with Gasteiger partial charge in [-0.05, 0) is 5.56 Å². The molecule has 1 fully saturated rings. The zero-order valence-electron chi connectivity index (χ0n) is 13.9. The van der Waals surface area contributed by atoms with E-state index in [-0.39, 0.29) is 24.2 Å². The fraction of sp³-hybridized carbons (Fsp3) is 0.353. The van der Waals surface area contributed by atoms with Gasteiger partial charge in [-0.3, -0.25) is 4.68 Å². The number of carboxylic acids is 1. The van der Waals surface area contributed by atoms with Gasteiger partial charge in [-0.1, -0.05) is 30.3 Å². The first-order chi connectivity index (χ1) is 12.0. The van der Waals surface area contributed by atoms with Crippen LogP contribution in [-0.4, -0.2) is 51.0 Å². The van der Waals surface area contributed by atoms with Gasteiger partial charge in [0.2, 0.25) is 0 Å². The minimum Gasteiger partial charge on any atom is -0.478 e. The standard InChI is InChI=1S/C17H20N4O4/c1-20-10-14(16(22)23)15(19-20)7-18-17(24)21-8-13(9-21)25-11-12-5-3-2-4-6-12/h2-6,10,13H,7-9,11H2,1H3,(H,18,24)(H,22,23). The number of benzene rings is 1. The molecule has 0 radical (unpaired) electrons. The van der Waals surface area contributed by atoms with Gasteiger partial charge in [0.15, 0.2) is 0 Å². The summed E-state index contributed by atoms with van der Waals surface area (Å²) in [6.07, 6.45) is 1.44. The highest BCUT2D eigenvalue weighted by atomic mass is 16.5. The van der Waals surface area contributed by atoms with E-state index in [1.54, 1.807) is 11.9 Å². The fourth-order valence-electron chi connectivity index (χ4n) is 2.61. The van der Waals surface area contributed by atoms with Crippen LogP contribution < -0.4 is 5.32 Å². The number of carbonyl (C=O) groups excluding carboxylic acids is 1. The molecular formula is C17H20N4O4. The molecule has 2 N–H and O–H groups in total. The summed E-state index contributed by atoms with van der Waals surface area (Å²) in [4.78, 5) is 24.8. The average molecular weight is 344 g/mol. The topological polar surface area (TPSA) is 96.7 Å². The van der Waals surface area contributed by atoms with Gasteiger partial charge in [0.1, 0.15) is 5.56 Å². The van der Waals surface area contributed by atoms with Gasteiger partial charge >= 0.3 is 12.0 Å². The quantitative estimate of drug-likeness (QED) is 0.821. The molecular weight excluding hydrogens is 324 g/mol. The van der Waals surface area contributed by atoms with E-state index in [1.807, 2.05) is 30.3 Å². The van der Waals surface area contributed by atoms with Gasteiger partial charge in [-0.25, -0.2) is 9.59 Å². The normalized spacial score (nSPS) is 14.2. The Morgan fingerprint density at radius 1 is 1.32 bits per heavy atom. The highest BCUT2D eigenvalue weighted by Gasteiger charge is 2.31. The number of aryl methyl sites for hydroxylation is 1. The van der Waals surface area contributed by atoms with Crippen molar-refractivity contribution >= 4 is 12.0 Å². The summed E-state index contributed by atoms with van der Waals surface area (Å²) >= 11 is 0. The summed E-state index contributed by atoms with van der Waals surface area (Å²) in [6.45, 7) is 1.64. The van der Waals surface area contributed by atoms with Crippen molar-refractivity contribution < 1.29 is 19.4 Å². The predicted octanol–water partition coefficient (Wildman–Crippen LogP) is 1.23. The average Bonchev–Trinajstić information content (AvgIpc) is 2.93. The van der Waals surface area contributed by atoms with Crippen LogP contribution in [0.1, 0.15) is 21.6 Å². The van der Waals surface area contributed by atoms with E-state index in [9.17, 15) is 9.59 Å². The predicted molar refractivity (Wildman–Crippen MR) is 89.0 cm³/mol. The second-order valence-electron chi connectivity index (χ2n) is 5.95. The van der Waals surface area contributed by atoms with Gasteiger partial charge in [0.25, 0.3) is 0 Å². The van der Waals surface area contributed by atoms with E-state index in [1.165, 1.54) is 10.9 Å². The van der Waals surface area contributed by atoms with Crippen LogP contribution in [0.4, 0.5) is 4.79 Å². The fourth-order valence-corrected chi connectivity index (χ4v) is 2.61. The number of hydrogen-bond donors (Lipinski definition) is 2. The van der Waals surface area contributed by atoms with Crippen LogP contribution in [0.5, 0.6) is 0 Å². The summed E-state index contributed by atoms with van der Waals surface area (Å²) in [7, 11) is 1.64. The summed E-state index contributed by atoms with van der Waals surface area (Å²) in [5.74, 6) is -1.06. The number of aromatic carboxylic acids is 1. The Labute approximate surface area is 145 Å². The SMILES string of the molecule is Cn1cc(C(=O)O)c(CNC(=O)N2CC(OCc3ccccc3)C2)n1. The van der Waals surface area contributed by atoms with Crippen molar-refractivity contribution in [3.63, 3.8) is 0 Å². The van der Waals surface area contributed by atoms with Crippen LogP contribution in [0.3, 0.4) is 0 Å². The van der Waals surface area contributed by atoms with Crippen molar-refractivity contribution in [1.29, 1.82) is 0 Å². The summed E-state index contributed by atoms with van der Waals surface area (Å²) in [6, 6.07) is 9.62. The van der Waals surface area contributed by atoms with Crippen LogP contribution in [0.2, 0.25) is 0 Å². The zero-order chi connectivity index (χ0) is 17.8. The monoisotopic (exact) mass is 344 g/mol. The first-order valence-corrected chi connectivity index (χ1v) is 7.97. The summed E-state index contributed by atoms with van der Waals surface area (Å²) < 4.78 is 7.16. The van der Waals surface area contributed by atoms with Crippen molar-refractivity contribution in [1.82, 2.24) is 20.0 Å². The Bertz CT molecular complexity index is 753. The highest BCUT2D eigenvalue weighted by molar-refractivity contribution is 5.88. The molecule has 1 aromatic carbocycles. The molecule has 0 aliphatic carbocycles. The minimum atomic E-state index is -1.06. The van der Waals surface area contributed by atoms with Gasteiger partial charge in [0.05, 0.1) is 38.0 Å². The third kappa shape index (κ3) is 4.16. The van der Waals surface area contributed by atoms with Crippen molar-refractivity contribution in [2.24, 2.45) is 7.05 Å². The van der Waals surface area contributed by atoms with Crippen molar-refractivity contribution in [2.45, 2.75) is 19.3 Å². The van der Waals surface area contributed by atoms with E-state index in [0.29, 0.717) is 25.4 Å². The number of nitrogens with one attached hydrogen (secondary N) is 1. The van der Waals surface area contributed by atoms with Crippen molar-refractivity contribution in [2.75, 3.05) is 13.1 Å². The Balaban J connectivity index is 1.41. The smallest absolute Gasteiger partial charge is 0.339 e. The maximum atomic E-state index is 12.1. The number of urea groups is 1. The van der Waals surface area contributed by atoms with E-state index >= 15 is 0 Å². The van der Waals surface area contributed by atoms with Gasteiger partial charge in [0, 0.05) is 13.2 Å². The van der Waals surface area contributed by atoms with Crippen LogP contribution in [0, 0.1) is 0 Å². The lowest BCUT2D eigenvalue weighted by Crippen LogP contribution is -2.57. The summed E-state index contributed by atoms with van der Waals surface area (Å²) in [5, 5.41) is 15.9. The number of hydrogen-bond acceptors (Lipinski definition) is 4. The number of ether oxygens (including phenoxy) is 1. The third-order valence-corrected chi connectivity index (χ3v) is 4.01. The molecule has 1 saturated heterocycles. The lowest BCUT2D eigenvalue weighted by molar-refractivity contribution is -0.0442. The maximum Gasteiger partial charge on any atom is 0.339 e. The van der Waals surface area contributed by atoms with Crippen LogP contribution >= 0.6 is 0 Å². The molecule has 8 heteroatoms. The van der Waals surface area contributed by atoms with E-state index < -0.39 is 5.97 Å². The van der Waals surface area contributed by atoms with Gasteiger partial charge in [-0.15, -0.1) is 0 Å². The molecule has 0 spiro atoms. The first-order valence-electron chi connectivity index (χ1n) is 7.97. The number of carbonyl (C=O) groups is 2. The Hall–Kier alpha value is -2.87. The van der Waals surface area contributed by atoms with E-state index in [4.69, 9.17) is 9.84 Å². The molecule has 1 aromatic heterocycles. The van der Waals surface area contributed by atoms with Crippen LogP contribution in [0.25, 0.3) is 0 Å². The zero-order valence-corrected chi connectivity index (χ0v) is 13.9. The second-order valence-corrected chi connectivity index (χ2v) is 5.95. The number of aromatic nitrogens is 2. The number of rotatable bonds is 6. The maximum absolute atomic E-state index is 12.1.